The Labute approximate surface area is 108 Å². The van der Waals surface area contributed by atoms with E-state index in [0.717, 1.165) is 24.3 Å². The summed E-state index contributed by atoms with van der Waals surface area (Å²) in [5.41, 5.74) is 1.87. The molecule has 1 aliphatic heterocycles. The minimum absolute atomic E-state index is 0.384. The summed E-state index contributed by atoms with van der Waals surface area (Å²) >= 11 is 0. The Kier molecular flexibility index (Phi) is 4.58. The lowest BCUT2D eigenvalue weighted by Crippen LogP contribution is -2.31. The van der Waals surface area contributed by atoms with Gasteiger partial charge in [-0.1, -0.05) is 18.2 Å². The molecule has 0 spiro atoms. The predicted molar refractivity (Wildman–Crippen MR) is 72.8 cm³/mol. The third-order valence-corrected chi connectivity index (χ3v) is 3.48. The number of anilines is 1. The fourth-order valence-corrected chi connectivity index (χ4v) is 2.51. The van der Waals surface area contributed by atoms with Gasteiger partial charge in [0.2, 0.25) is 0 Å². The summed E-state index contributed by atoms with van der Waals surface area (Å²) < 4.78 is 0. The molecule has 100 valence electrons. The van der Waals surface area contributed by atoms with Crippen molar-refractivity contribution in [1.29, 1.82) is 0 Å². The largest absolute Gasteiger partial charge is 0.389 e. The minimum atomic E-state index is -0.839. The zero-order chi connectivity index (χ0) is 13.0. The van der Waals surface area contributed by atoms with Crippen molar-refractivity contribution in [2.45, 2.75) is 25.0 Å². The Morgan fingerprint density at radius 1 is 1.22 bits per heavy atom. The Morgan fingerprint density at radius 3 is 2.56 bits per heavy atom. The number of likely N-dealkylation sites (N-methyl/N-ethyl adjacent to an activating group) is 1. The van der Waals surface area contributed by atoms with Crippen molar-refractivity contribution in [3.05, 3.63) is 29.8 Å². The van der Waals surface area contributed by atoms with Gasteiger partial charge in [-0.25, -0.2) is 0 Å². The smallest absolute Gasteiger partial charge is 0.108 e. The molecular weight excluding hydrogens is 228 g/mol. The number of para-hydroxylation sites is 1. The average molecular weight is 250 g/mol. The number of rotatable bonds is 5. The van der Waals surface area contributed by atoms with E-state index in [1.54, 1.807) is 7.05 Å². The second-order valence-corrected chi connectivity index (χ2v) is 4.82. The van der Waals surface area contributed by atoms with E-state index >= 15 is 0 Å². The van der Waals surface area contributed by atoms with E-state index in [9.17, 15) is 10.2 Å². The van der Waals surface area contributed by atoms with E-state index in [1.165, 1.54) is 12.8 Å². The number of aliphatic hydroxyl groups excluding tert-OH is 2. The van der Waals surface area contributed by atoms with Gasteiger partial charge in [0.15, 0.2) is 0 Å². The number of nitrogens with zero attached hydrogens (tertiary/aromatic N) is 1. The molecule has 0 aromatic heterocycles. The number of aliphatic hydroxyl groups is 2. The van der Waals surface area contributed by atoms with E-state index in [2.05, 4.69) is 10.2 Å². The molecule has 1 aromatic rings. The molecule has 18 heavy (non-hydrogen) atoms. The lowest BCUT2D eigenvalue weighted by Gasteiger charge is -2.26. The maximum Gasteiger partial charge on any atom is 0.108 e. The van der Waals surface area contributed by atoms with Gasteiger partial charge in [-0.15, -0.1) is 0 Å². The SMILES string of the molecule is CNCC(O)C(O)c1ccccc1N1CCCC1. The van der Waals surface area contributed by atoms with Gasteiger partial charge in [0.05, 0.1) is 6.10 Å². The van der Waals surface area contributed by atoms with Crippen LogP contribution in [0.1, 0.15) is 24.5 Å². The first-order chi connectivity index (χ1) is 8.74. The molecule has 1 heterocycles. The lowest BCUT2D eigenvalue weighted by molar-refractivity contribution is 0.0205. The molecule has 0 radical (unpaired) electrons. The molecule has 0 aliphatic carbocycles. The van der Waals surface area contributed by atoms with Crippen molar-refractivity contribution in [3.8, 4) is 0 Å². The van der Waals surface area contributed by atoms with Crippen LogP contribution in [-0.4, -0.2) is 43.0 Å². The molecule has 1 fully saturated rings. The fraction of sp³-hybridized carbons (Fsp3) is 0.571. The van der Waals surface area contributed by atoms with Crippen LogP contribution in [0.25, 0.3) is 0 Å². The molecule has 2 unspecified atom stereocenters. The summed E-state index contributed by atoms with van der Waals surface area (Å²) in [6.45, 7) is 2.45. The van der Waals surface area contributed by atoms with Gasteiger partial charge < -0.3 is 20.4 Å². The number of nitrogens with one attached hydrogen (secondary N) is 1. The third-order valence-electron chi connectivity index (χ3n) is 3.48. The summed E-state index contributed by atoms with van der Waals surface area (Å²) in [5, 5.41) is 23.0. The van der Waals surface area contributed by atoms with Crippen LogP contribution in [-0.2, 0) is 0 Å². The van der Waals surface area contributed by atoms with Crippen molar-refractivity contribution < 1.29 is 10.2 Å². The molecular formula is C14H22N2O2. The van der Waals surface area contributed by atoms with Crippen LogP contribution in [0.5, 0.6) is 0 Å². The van der Waals surface area contributed by atoms with Crippen molar-refractivity contribution in [2.75, 3.05) is 31.6 Å². The van der Waals surface area contributed by atoms with Crippen LogP contribution < -0.4 is 10.2 Å². The van der Waals surface area contributed by atoms with E-state index in [4.69, 9.17) is 0 Å². The summed E-state index contributed by atoms with van der Waals surface area (Å²) in [7, 11) is 1.77. The highest BCUT2D eigenvalue weighted by Crippen LogP contribution is 2.30. The van der Waals surface area contributed by atoms with Gasteiger partial charge >= 0.3 is 0 Å². The Morgan fingerprint density at radius 2 is 1.89 bits per heavy atom. The molecule has 1 saturated heterocycles. The van der Waals surface area contributed by atoms with Crippen LogP contribution >= 0.6 is 0 Å². The summed E-state index contributed by atoms with van der Waals surface area (Å²) in [5.74, 6) is 0. The van der Waals surface area contributed by atoms with Crippen molar-refractivity contribution in [1.82, 2.24) is 5.32 Å². The van der Waals surface area contributed by atoms with Crippen LogP contribution in [0.15, 0.2) is 24.3 Å². The Hall–Kier alpha value is -1.10. The maximum absolute atomic E-state index is 10.2. The first-order valence-electron chi connectivity index (χ1n) is 6.58. The molecule has 2 atom stereocenters. The standard InChI is InChI=1S/C14H22N2O2/c1-15-10-13(17)14(18)11-6-2-3-7-12(11)16-8-4-5-9-16/h2-3,6-7,13-15,17-18H,4-5,8-10H2,1H3. The van der Waals surface area contributed by atoms with Gasteiger partial charge in [-0.05, 0) is 26.0 Å². The van der Waals surface area contributed by atoms with Gasteiger partial charge in [-0.2, -0.15) is 0 Å². The fourth-order valence-electron chi connectivity index (χ4n) is 2.51. The number of hydrogen-bond donors (Lipinski definition) is 3. The van der Waals surface area contributed by atoms with E-state index in [-0.39, 0.29) is 0 Å². The average Bonchev–Trinajstić information content (AvgIpc) is 2.92. The summed E-state index contributed by atoms with van der Waals surface area (Å²) in [4.78, 5) is 2.28. The number of benzene rings is 1. The molecule has 1 aliphatic rings. The van der Waals surface area contributed by atoms with Crippen molar-refractivity contribution in [2.24, 2.45) is 0 Å². The van der Waals surface area contributed by atoms with Crippen molar-refractivity contribution in [3.63, 3.8) is 0 Å². The molecule has 3 N–H and O–H groups in total. The van der Waals surface area contributed by atoms with Crippen LogP contribution in [0.4, 0.5) is 5.69 Å². The van der Waals surface area contributed by atoms with Gasteiger partial charge in [-0.3, -0.25) is 0 Å². The highest BCUT2D eigenvalue weighted by Gasteiger charge is 2.23. The van der Waals surface area contributed by atoms with E-state index in [0.29, 0.717) is 6.54 Å². The Bertz CT molecular complexity index is 378. The normalized spacial score (nSPS) is 18.9. The van der Waals surface area contributed by atoms with Gasteiger partial charge in [0.1, 0.15) is 6.10 Å². The number of hydrogen-bond acceptors (Lipinski definition) is 4. The predicted octanol–water partition coefficient (Wildman–Crippen LogP) is 0.900. The first kappa shape index (κ1) is 13.3. The first-order valence-corrected chi connectivity index (χ1v) is 6.58. The second kappa shape index (κ2) is 6.18. The molecule has 4 heteroatoms. The molecule has 0 bridgehead atoms. The molecule has 1 aromatic carbocycles. The van der Waals surface area contributed by atoms with E-state index < -0.39 is 12.2 Å². The highest BCUT2D eigenvalue weighted by molar-refractivity contribution is 5.55. The van der Waals surface area contributed by atoms with Crippen LogP contribution in [0.2, 0.25) is 0 Å². The van der Waals surface area contributed by atoms with Crippen LogP contribution in [0, 0.1) is 0 Å². The van der Waals surface area contributed by atoms with Crippen molar-refractivity contribution >= 4 is 5.69 Å². The van der Waals surface area contributed by atoms with Gasteiger partial charge in [0, 0.05) is 30.9 Å². The molecule has 0 saturated carbocycles. The lowest BCUT2D eigenvalue weighted by atomic mass is 10.0. The Balaban J connectivity index is 2.20. The maximum atomic E-state index is 10.2. The zero-order valence-corrected chi connectivity index (χ0v) is 10.8. The van der Waals surface area contributed by atoms with Gasteiger partial charge in [0.25, 0.3) is 0 Å². The quantitative estimate of drug-likeness (QED) is 0.727. The monoisotopic (exact) mass is 250 g/mol. The topological polar surface area (TPSA) is 55.7 Å². The zero-order valence-electron chi connectivity index (χ0n) is 10.8. The van der Waals surface area contributed by atoms with E-state index in [1.807, 2.05) is 24.3 Å². The molecule has 2 rings (SSSR count). The minimum Gasteiger partial charge on any atom is -0.389 e. The second-order valence-electron chi connectivity index (χ2n) is 4.82. The highest BCUT2D eigenvalue weighted by atomic mass is 16.3. The molecule has 0 amide bonds. The summed E-state index contributed by atoms with van der Waals surface area (Å²) in [6, 6.07) is 7.81. The summed E-state index contributed by atoms with van der Waals surface area (Å²) in [6.07, 6.45) is 0.778. The van der Waals surface area contributed by atoms with Crippen LogP contribution in [0.3, 0.4) is 0 Å². The third kappa shape index (κ3) is 2.83. The molecule has 4 nitrogen and oxygen atoms in total.